The summed E-state index contributed by atoms with van der Waals surface area (Å²) < 4.78 is 73.1. The Morgan fingerprint density at radius 2 is 2.00 bits per heavy atom. The molecule has 0 aliphatic rings. The zero-order valence-corrected chi connectivity index (χ0v) is 17.1. The van der Waals surface area contributed by atoms with E-state index in [1.165, 1.54) is 23.6 Å². The molecule has 2 aromatic heterocycles. The van der Waals surface area contributed by atoms with Gasteiger partial charge in [0.1, 0.15) is 16.5 Å². The van der Waals surface area contributed by atoms with Crippen LogP contribution < -0.4 is 0 Å². The molecule has 160 valence electrons. The normalized spacial score (nSPS) is 12.1. The van der Waals surface area contributed by atoms with Gasteiger partial charge in [0.15, 0.2) is 21.3 Å². The molecule has 0 unspecified atom stereocenters. The van der Waals surface area contributed by atoms with E-state index in [1.54, 1.807) is 6.92 Å². The van der Waals surface area contributed by atoms with E-state index in [0.717, 1.165) is 23.5 Å². The van der Waals surface area contributed by atoms with E-state index in [0.29, 0.717) is 0 Å². The second-order valence-electron chi connectivity index (χ2n) is 6.15. The topological polar surface area (TPSA) is 99.4 Å². The Labute approximate surface area is 173 Å². The zero-order valence-electron chi connectivity index (χ0n) is 15.5. The minimum atomic E-state index is -4.55. The number of benzene rings is 1. The van der Waals surface area contributed by atoms with E-state index in [-0.39, 0.29) is 34.3 Å². The molecule has 0 aliphatic carbocycles. The van der Waals surface area contributed by atoms with Crippen molar-refractivity contribution in [2.75, 3.05) is 6.61 Å². The second-order valence-corrected chi connectivity index (χ2v) is 9.16. The molecule has 0 spiro atoms. The number of ether oxygens (including phenoxy) is 1. The van der Waals surface area contributed by atoms with Gasteiger partial charge in [-0.25, -0.2) is 18.2 Å². The molecule has 7 nitrogen and oxygen atoms in total. The van der Waals surface area contributed by atoms with Gasteiger partial charge in [0.25, 0.3) is 0 Å². The van der Waals surface area contributed by atoms with Gasteiger partial charge in [0.05, 0.1) is 17.9 Å². The molecule has 0 saturated carbocycles. The number of alkyl halides is 3. The van der Waals surface area contributed by atoms with Crippen LogP contribution in [0.2, 0.25) is 0 Å². The van der Waals surface area contributed by atoms with Gasteiger partial charge in [-0.05, 0) is 18.6 Å². The van der Waals surface area contributed by atoms with Gasteiger partial charge in [-0.1, -0.05) is 23.4 Å². The predicted octanol–water partition coefficient (Wildman–Crippen LogP) is 4.11. The number of halogens is 3. The van der Waals surface area contributed by atoms with Crippen LogP contribution in [0.25, 0.3) is 11.5 Å². The van der Waals surface area contributed by atoms with Crippen molar-refractivity contribution in [1.29, 1.82) is 0 Å². The highest BCUT2D eigenvalue weighted by Crippen LogP contribution is 2.30. The number of hydrogen-bond donors (Lipinski definition) is 0. The van der Waals surface area contributed by atoms with E-state index in [4.69, 9.17) is 9.26 Å². The molecule has 0 N–H and O–H groups in total. The summed E-state index contributed by atoms with van der Waals surface area (Å²) in [7, 11) is -3.77. The summed E-state index contributed by atoms with van der Waals surface area (Å²) >= 11 is 1.04. The number of carbonyl (C=O) groups is 1. The number of sulfone groups is 1. The van der Waals surface area contributed by atoms with Gasteiger partial charge in [0.2, 0.25) is 0 Å². The van der Waals surface area contributed by atoms with Gasteiger partial charge < -0.3 is 9.26 Å². The van der Waals surface area contributed by atoms with Crippen LogP contribution in [-0.2, 0) is 32.3 Å². The lowest BCUT2D eigenvalue weighted by Crippen LogP contribution is -2.10. The zero-order chi connectivity index (χ0) is 21.9. The summed E-state index contributed by atoms with van der Waals surface area (Å²) in [4.78, 5) is 15.8. The molecular weight excluding hydrogens is 445 g/mol. The van der Waals surface area contributed by atoms with Gasteiger partial charge in [0, 0.05) is 11.4 Å². The summed E-state index contributed by atoms with van der Waals surface area (Å²) in [6.07, 6.45) is -4.55. The standard InChI is InChI=1S/C18H15F3N2O5S2/c1-2-27-17(24)13-7-15(28-23-13)14-8-29-16(22-14)10-30(25,26)9-11-4-3-5-12(6-11)18(19,20)21/h3-8H,2,9-10H2,1H3. The highest BCUT2D eigenvalue weighted by Gasteiger charge is 2.30. The van der Waals surface area contributed by atoms with E-state index in [2.05, 4.69) is 10.1 Å². The minimum Gasteiger partial charge on any atom is -0.461 e. The van der Waals surface area contributed by atoms with Crippen molar-refractivity contribution in [2.24, 2.45) is 0 Å². The molecule has 2 heterocycles. The Hall–Kier alpha value is -2.73. The summed E-state index contributed by atoms with van der Waals surface area (Å²) in [5.41, 5.74) is -0.628. The maximum atomic E-state index is 12.8. The van der Waals surface area contributed by atoms with Gasteiger partial charge in [-0.2, -0.15) is 13.2 Å². The first kappa shape index (κ1) is 22.0. The van der Waals surface area contributed by atoms with Crippen molar-refractivity contribution in [1.82, 2.24) is 10.1 Å². The molecule has 0 bridgehead atoms. The highest BCUT2D eigenvalue weighted by molar-refractivity contribution is 7.89. The Morgan fingerprint density at radius 3 is 2.70 bits per heavy atom. The lowest BCUT2D eigenvalue weighted by molar-refractivity contribution is -0.137. The third-order valence-electron chi connectivity index (χ3n) is 3.78. The van der Waals surface area contributed by atoms with E-state index in [9.17, 15) is 26.4 Å². The van der Waals surface area contributed by atoms with Crippen molar-refractivity contribution < 1.29 is 35.6 Å². The Kier molecular flexibility index (Phi) is 6.27. The lowest BCUT2D eigenvalue weighted by Gasteiger charge is -2.08. The molecule has 1 aromatic carbocycles. The summed E-state index contributed by atoms with van der Waals surface area (Å²) in [5.74, 6) is -1.50. The third kappa shape index (κ3) is 5.45. The van der Waals surface area contributed by atoms with E-state index >= 15 is 0 Å². The van der Waals surface area contributed by atoms with Crippen LogP contribution in [0.3, 0.4) is 0 Å². The number of thiazole rings is 1. The number of nitrogens with zero attached hydrogens (tertiary/aromatic N) is 2. The van der Waals surface area contributed by atoms with E-state index < -0.39 is 39.1 Å². The summed E-state index contributed by atoms with van der Waals surface area (Å²) in [6.45, 7) is 1.82. The molecule has 0 aliphatic heterocycles. The number of carbonyl (C=O) groups excluding carboxylic acids is 1. The molecule has 0 amide bonds. The first-order valence-corrected chi connectivity index (χ1v) is 11.2. The Balaban J connectivity index is 1.72. The number of aromatic nitrogens is 2. The fourth-order valence-electron chi connectivity index (χ4n) is 2.52. The van der Waals surface area contributed by atoms with Crippen LogP contribution >= 0.6 is 11.3 Å². The largest absolute Gasteiger partial charge is 0.461 e. The fourth-order valence-corrected chi connectivity index (χ4v) is 5.13. The number of hydrogen-bond acceptors (Lipinski definition) is 8. The highest BCUT2D eigenvalue weighted by atomic mass is 32.2. The van der Waals surface area contributed by atoms with Crippen LogP contribution in [0.1, 0.15) is 33.5 Å². The Bertz CT molecular complexity index is 1150. The first-order chi connectivity index (χ1) is 14.1. The molecule has 30 heavy (non-hydrogen) atoms. The van der Waals surface area contributed by atoms with Crippen LogP contribution in [0.4, 0.5) is 13.2 Å². The van der Waals surface area contributed by atoms with Crippen molar-refractivity contribution >= 4 is 27.1 Å². The van der Waals surface area contributed by atoms with Crippen LogP contribution in [0, 0.1) is 0 Å². The molecule has 12 heteroatoms. The molecule has 0 fully saturated rings. The molecule has 3 rings (SSSR count). The predicted molar refractivity (Wildman–Crippen MR) is 101 cm³/mol. The second kappa shape index (κ2) is 8.56. The van der Waals surface area contributed by atoms with Crippen molar-refractivity contribution in [3.8, 4) is 11.5 Å². The van der Waals surface area contributed by atoms with Crippen LogP contribution in [0.5, 0.6) is 0 Å². The van der Waals surface area contributed by atoms with Crippen LogP contribution in [0.15, 0.2) is 40.2 Å². The molecule has 0 atom stereocenters. The minimum absolute atomic E-state index is 0.0379. The maximum absolute atomic E-state index is 12.8. The molecule has 0 saturated heterocycles. The van der Waals surface area contributed by atoms with E-state index in [1.807, 2.05) is 0 Å². The number of rotatable bonds is 7. The SMILES string of the molecule is CCOC(=O)c1cc(-c2csc(CS(=O)(=O)Cc3cccc(C(F)(F)F)c3)n2)on1. The average Bonchev–Trinajstić information content (AvgIpc) is 3.30. The average molecular weight is 460 g/mol. The van der Waals surface area contributed by atoms with Gasteiger partial charge >= 0.3 is 12.1 Å². The summed E-state index contributed by atoms with van der Waals surface area (Å²) in [6, 6.07) is 5.51. The molecule has 0 radical (unpaired) electrons. The molecule has 3 aromatic rings. The number of esters is 1. The Morgan fingerprint density at radius 1 is 1.23 bits per heavy atom. The smallest absolute Gasteiger partial charge is 0.416 e. The third-order valence-corrected chi connectivity index (χ3v) is 6.30. The van der Waals surface area contributed by atoms with Crippen molar-refractivity contribution in [3.05, 3.63) is 57.5 Å². The van der Waals surface area contributed by atoms with Gasteiger partial charge in [-0.15, -0.1) is 11.3 Å². The quantitative estimate of drug-likeness (QED) is 0.489. The summed E-state index contributed by atoms with van der Waals surface area (Å²) in [5, 5.41) is 5.34. The lowest BCUT2D eigenvalue weighted by atomic mass is 10.1. The maximum Gasteiger partial charge on any atom is 0.416 e. The first-order valence-electron chi connectivity index (χ1n) is 8.52. The van der Waals surface area contributed by atoms with Gasteiger partial charge in [-0.3, -0.25) is 0 Å². The van der Waals surface area contributed by atoms with Crippen LogP contribution in [-0.4, -0.2) is 31.1 Å². The van der Waals surface area contributed by atoms with Crippen molar-refractivity contribution in [2.45, 2.75) is 24.6 Å². The fraction of sp³-hybridized carbons (Fsp3) is 0.278. The monoisotopic (exact) mass is 460 g/mol. The molecular formula is C18H15F3N2O5S2. The van der Waals surface area contributed by atoms with Crippen molar-refractivity contribution in [3.63, 3.8) is 0 Å².